The monoisotopic (exact) mass is 372 g/mol. The highest BCUT2D eigenvalue weighted by molar-refractivity contribution is 5.92. The molecule has 142 valence electrons. The van der Waals surface area contributed by atoms with E-state index in [2.05, 4.69) is 0 Å². The van der Waals surface area contributed by atoms with E-state index in [1.807, 2.05) is 6.92 Å². The number of aromatic nitrogens is 1. The van der Waals surface area contributed by atoms with Gasteiger partial charge in [0.1, 0.15) is 17.1 Å². The van der Waals surface area contributed by atoms with Crippen LogP contribution in [0, 0.1) is 5.82 Å². The molecule has 0 amide bonds. The van der Waals surface area contributed by atoms with Gasteiger partial charge in [-0.25, -0.2) is 9.18 Å². The number of hydrogen-bond acceptors (Lipinski definition) is 5. The van der Waals surface area contributed by atoms with Crippen LogP contribution in [0.2, 0.25) is 0 Å². The van der Waals surface area contributed by atoms with Gasteiger partial charge >= 0.3 is 5.97 Å². The summed E-state index contributed by atoms with van der Waals surface area (Å²) < 4.78 is 26.5. The fourth-order valence-electron chi connectivity index (χ4n) is 3.40. The highest BCUT2D eigenvalue weighted by atomic mass is 19.1. The molecule has 2 N–H and O–H groups in total. The minimum Gasteiger partial charge on any atom is -0.465 e. The van der Waals surface area contributed by atoms with Gasteiger partial charge in [-0.2, -0.15) is 0 Å². The number of ether oxygens (including phenoxy) is 2. The van der Waals surface area contributed by atoms with Crippen LogP contribution in [0.25, 0.3) is 0 Å². The van der Waals surface area contributed by atoms with Crippen molar-refractivity contribution in [2.24, 2.45) is 12.8 Å². The minimum absolute atomic E-state index is 0.0876. The van der Waals surface area contributed by atoms with Crippen LogP contribution >= 0.6 is 0 Å². The third-order valence-corrected chi connectivity index (χ3v) is 4.72. The Morgan fingerprint density at radius 3 is 2.70 bits per heavy atom. The van der Waals surface area contributed by atoms with E-state index in [1.165, 1.54) is 29.9 Å². The molecule has 27 heavy (non-hydrogen) atoms. The second-order valence-corrected chi connectivity index (χ2v) is 6.35. The van der Waals surface area contributed by atoms with Gasteiger partial charge in [-0.15, -0.1) is 0 Å². The van der Waals surface area contributed by atoms with E-state index in [0.717, 1.165) is 12.1 Å². The van der Waals surface area contributed by atoms with Gasteiger partial charge < -0.3 is 19.8 Å². The SMILES string of the molecule is CCCc1cc2c(c(=O)n1C)C(c1ccccc1F)C(C(=O)OC)=C(N)O2. The van der Waals surface area contributed by atoms with Crippen molar-refractivity contribution in [2.45, 2.75) is 25.7 Å². The van der Waals surface area contributed by atoms with Crippen LogP contribution in [0.5, 0.6) is 5.75 Å². The van der Waals surface area contributed by atoms with Crippen molar-refractivity contribution in [1.82, 2.24) is 4.57 Å². The van der Waals surface area contributed by atoms with Crippen LogP contribution in [-0.2, 0) is 23.0 Å². The highest BCUT2D eigenvalue weighted by Crippen LogP contribution is 2.42. The van der Waals surface area contributed by atoms with Crippen molar-refractivity contribution in [1.29, 1.82) is 0 Å². The molecular weight excluding hydrogens is 351 g/mol. The summed E-state index contributed by atoms with van der Waals surface area (Å²) >= 11 is 0. The number of fused-ring (bicyclic) bond motifs is 1. The van der Waals surface area contributed by atoms with E-state index in [0.29, 0.717) is 6.42 Å². The zero-order valence-corrected chi connectivity index (χ0v) is 15.4. The highest BCUT2D eigenvalue weighted by Gasteiger charge is 2.39. The van der Waals surface area contributed by atoms with E-state index >= 15 is 0 Å². The maximum atomic E-state index is 14.6. The first-order valence-corrected chi connectivity index (χ1v) is 8.63. The van der Waals surface area contributed by atoms with Crippen LogP contribution < -0.4 is 16.0 Å². The van der Waals surface area contributed by atoms with Crippen LogP contribution in [-0.4, -0.2) is 17.6 Å². The zero-order valence-electron chi connectivity index (χ0n) is 15.4. The quantitative estimate of drug-likeness (QED) is 0.833. The van der Waals surface area contributed by atoms with Gasteiger partial charge in [-0.1, -0.05) is 31.5 Å². The van der Waals surface area contributed by atoms with Crippen molar-refractivity contribution < 1.29 is 18.7 Å². The standard InChI is InChI=1S/C20H21FN2O4/c1-4-7-11-10-14-16(19(24)23(11)2)15(12-8-5-6-9-13(12)21)17(18(22)27-14)20(25)26-3/h5-6,8-10,15H,4,7,22H2,1-3H3. The fraction of sp³-hybridized carbons (Fsp3) is 0.300. The first kappa shape index (κ1) is 18.7. The van der Waals surface area contributed by atoms with Crippen LogP contribution in [0.15, 0.2) is 46.6 Å². The Balaban J connectivity index is 2.34. The van der Waals surface area contributed by atoms with Gasteiger partial charge in [0.25, 0.3) is 5.56 Å². The number of nitrogens with zero attached hydrogens (tertiary/aromatic N) is 1. The molecule has 1 aromatic heterocycles. The predicted molar refractivity (Wildman–Crippen MR) is 97.8 cm³/mol. The maximum absolute atomic E-state index is 14.6. The van der Waals surface area contributed by atoms with Gasteiger partial charge in [-0.3, -0.25) is 4.79 Å². The van der Waals surface area contributed by atoms with Crippen molar-refractivity contribution >= 4 is 5.97 Å². The molecule has 1 aliphatic rings. The Morgan fingerprint density at radius 1 is 1.37 bits per heavy atom. The summed E-state index contributed by atoms with van der Waals surface area (Å²) in [6.45, 7) is 2.00. The van der Waals surface area contributed by atoms with Crippen molar-refractivity contribution in [2.75, 3.05) is 7.11 Å². The van der Waals surface area contributed by atoms with Crippen LogP contribution in [0.3, 0.4) is 0 Å². The zero-order chi connectivity index (χ0) is 19.7. The Bertz CT molecular complexity index is 994. The molecule has 0 saturated heterocycles. The third-order valence-electron chi connectivity index (χ3n) is 4.72. The summed E-state index contributed by atoms with van der Waals surface area (Å²) in [7, 11) is 2.84. The number of nitrogens with two attached hydrogens (primary N) is 1. The van der Waals surface area contributed by atoms with E-state index < -0.39 is 17.7 Å². The van der Waals surface area contributed by atoms with E-state index in [-0.39, 0.29) is 33.9 Å². The number of aryl methyl sites for hydroxylation is 1. The summed E-state index contributed by atoms with van der Waals surface area (Å²) in [4.78, 5) is 25.5. The van der Waals surface area contributed by atoms with Gasteiger partial charge in [0.05, 0.1) is 18.6 Å². The summed E-state index contributed by atoms with van der Waals surface area (Å²) in [6.07, 6.45) is 1.50. The fourth-order valence-corrected chi connectivity index (χ4v) is 3.40. The topological polar surface area (TPSA) is 83.5 Å². The average Bonchev–Trinajstić information content (AvgIpc) is 2.65. The lowest BCUT2D eigenvalue weighted by Gasteiger charge is -2.29. The van der Waals surface area contributed by atoms with E-state index in [4.69, 9.17) is 15.2 Å². The van der Waals surface area contributed by atoms with E-state index in [1.54, 1.807) is 19.2 Å². The first-order chi connectivity index (χ1) is 12.9. The molecule has 0 spiro atoms. The molecule has 1 aromatic carbocycles. The summed E-state index contributed by atoms with van der Waals surface area (Å²) in [5.74, 6) is -2.30. The molecule has 0 aliphatic carbocycles. The number of rotatable bonds is 4. The van der Waals surface area contributed by atoms with E-state index in [9.17, 15) is 14.0 Å². The van der Waals surface area contributed by atoms with Gasteiger partial charge in [0, 0.05) is 24.4 Å². The predicted octanol–water partition coefficient (Wildman–Crippen LogP) is 2.34. The Kier molecular flexibility index (Phi) is 5.03. The summed E-state index contributed by atoms with van der Waals surface area (Å²) in [6, 6.07) is 7.67. The largest absolute Gasteiger partial charge is 0.465 e. The molecule has 2 aromatic rings. The smallest absolute Gasteiger partial charge is 0.340 e. The third kappa shape index (κ3) is 3.09. The number of halogens is 1. The summed E-state index contributed by atoms with van der Waals surface area (Å²) in [5, 5.41) is 0. The number of methoxy groups -OCH3 is 1. The molecular formula is C20H21FN2O4. The number of carbonyl (C=O) groups is 1. The van der Waals surface area contributed by atoms with Crippen LogP contribution in [0.1, 0.15) is 36.1 Å². The Labute approximate surface area is 156 Å². The molecule has 1 atom stereocenters. The molecule has 0 radical (unpaired) electrons. The van der Waals surface area contributed by atoms with Crippen molar-refractivity contribution in [3.8, 4) is 5.75 Å². The lowest BCUT2D eigenvalue weighted by atomic mass is 9.83. The molecule has 0 saturated carbocycles. The molecule has 1 unspecified atom stereocenters. The average molecular weight is 372 g/mol. The Morgan fingerprint density at radius 2 is 2.07 bits per heavy atom. The van der Waals surface area contributed by atoms with Crippen molar-refractivity contribution in [3.63, 3.8) is 0 Å². The molecule has 1 aliphatic heterocycles. The number of hydrogen-bond donors (Lipinski definition) is 1. The molecule has 3 rings (SSSR count). The molecule has 0 bridgehead atoms. The molecule has 7 heteroatoms. The lowest BCUT2D eigenvalue weighted by molar-refractivity contribution is -0.136. The summed E-state index contributed by atoms with van der Waals surface area (Å²) in [5.41, 5.74) is 6.62. The normalized spacial score (nSPS) is 15.9. The van der Waals surface area contributed by atoms with Crippen LogP contribution in [0.4, 0.5) is 4.39 Å². The second-order valence-electron chi connectivity index (χ2n) is 6.35. The van der Waals surface area contributed by atoms with Gasteiger partial charge in [0.2, 0.25) is 5.88 Å². The number of pyridine rings is 1. The van der Waals surface area contributed by atoms with Crippen molar-refractivity contribution in [3.05, 3.63) is 74.8 Å². The molecule has 0 fully saturated rings. The van der Waals surface area contributed by atoms with Gasteiger partial charge in [0.15, 0.2) is 0 Å². The molecule has 2 heterocycles. The molecule has 6 nitrogen and oxygen atoms in total. The number of esters is 1. The minimum atomic E-state index is -1.02. The second kappa shape index (κ2) is 7.26. The number of carbonyl (C=O) groups excluding carboxylic acids is 1. The maximum Gasteiger partial charge on any atom is 0.340 e. The number of benzene rings is 1. The lowest BCUT2D eigenvalue weighted by Crippen LogP contribution is -2.34. The first-order valence-electron chi connectivity index (χ1n) is 8.63. The van der Waals surface area contributed by atoms with Gasteiger partial charge in [-0.05, 0) is 12.5 Å². The Hall–Kier alpha value is -3.09.